The first kappa shape index (κ1) is 22.6. The zero-order valence-corrected chi connectivity index (χ0v) is 18.9. The number of aliphatic hydroxyl groups excluding tert-OH is 1. The van der Waals surface area contributed by atoms with E-state index in [2.05, 4.69) is 20.6 Å². The number of benzene rings is 2. The predicted molar refractivity (Wildman–Crippen MR) is 125 cm³/mol. The fourth-order valence-corrected chi connectivity index (χ4v) is 4.08. The van der Waals surface area contributed by atoms with Gasteiger partial charge in [0.25, 0.3) is 0 Å². The number of nitrogens with one attached hydrogen (secondary N) is 2. The molecule has 2 heterocycles. The van der Waals surface area contributed by atoms with Crippen LogP contribution < -0.4 is 15.3 Å². The van der Waals surface area contributed by atoms with Gasteiger partial charge in [-0.1, -0.05) is 23.7 Å². The van der Waals surface area contributed by atoms with Gasteiger partial charge in [-0.25, -0.2) is 9.37 Å². The third kappa shape index (κ3) is 4.07. The highest BCUT2D eigenvalue weighted by Gasteiger charge is 2.37. The van der Waals surface area contributed by atoms with E-state index in [1.54, 1.807) is 51.1 Å². The highest BCUT2D eigenvalue weighted by atomic mass is 35.5. The second kappa shape index (κ2) is 8.38. The van der Waals surface area contributed by atoms with Crippen LogP contribution in [0, 0.1) is 17.9 Å². The largest absolute Gasteiger partial charge is 0.620 e. The van der Waals surface area contributed by atoms with Crippen LogP contribution in [0.1, 0.15) is 25.0 Å². The van der Waals surface area contributed by atoms with Gasteiger partial charge in [0, 0.05) is 18.2 Å². The van der Waals surface area contributed by atoms with Gasteiger partial charge in [-0.2, -0.15) is 4.98 Å². The summed E-state index contributed by atoms with van der Waals surface area (Å²) < 4.78 is 12.9. The van der Waals surface area contributed by atoms with Gasteiger partial charge in [0.15, 0.2) is 5.69 Å². The van der Waals surface area contributed by atoms with Gasteiger partial charge in [-0.05, 0) is 50.6 Å². The van der Waals surface area contributed by atoms with Crippen molar-refractivity contribution in [3.05, 3.63) is 69.6 Å². The molecule has 0 spiro atoms. The lowest BCUT2D eigenvalue weighted by Gasteiger charge is -2.44. The minimum absolute atomic E-state index is 0.0401. The number of aromatic nitrogens is 2. The monoisotopic (exact) mass is 457 g/mol. The number of hydrogen-bond donors (Lipinski definition) is 3. The van der Waals surface area contributed by atoms with Crippen molar-refractivity contribution in [3.8, 4) is 11.3 Å². The van der Waals surface area contributed by atoms with E-state index in [4.69, 9.17) is 11.6 Å². The van der Waals surface area contributed by atoms with Crippen LogP contribution in [0.5, 0.6) is 0 Å². The van der Waals surface area contributed by atoms with E-state index >= 15 is 0 Å². The number of fused-ring (bicyclic) bond motifs is 1. The zero-order valence-electron chi connectivity index (χ0n) is 18.1. The third-order valence-electron chi connectivity index (χ3n) is 5.49. The molecule has 0 amide bonds. The molecule has 1 aliphatic rings. The minimum Gasteiger partial charge on any atom is -0.620 e. The van der Waals surface area contributed by atoms with Gasteiger partial charge in [0.05, 0.1) is 23.4 Å². The Morgan fingerprint density at radius 1 is 1.25 bits per heavy atom. The Labute approximate surface area is 191 Å². The van der Waals surface area contributed by atoms with E-state index in [1.807, 2.05) is 0 Å². The lowest BCUT2D eigenvalue weighted by molar-refractivity contribution is 0.233. The quantitative estimate of drug-likeness (QED) is 0.382. The normalized spacial score (nSPS) is 18.3. The number of nitrogens with zero attached hydrogens (tertiary/aromatic N) is 3. The summed E-state index contributed by atoms with van der Waals surface area (Å²) in [5.74, 6) is 0.104. The number of quaternary nitrogens is 1. The molecule has 168 valence electrons. The Hall–Kier alpha value is -2.62. The Kier molecular flexibility index (Phi) is 5.91. The summed E-state index contributed by atoms with van der Waals surface area (Å²) in [5.41, 5.74) is 2.17. The third-order valence-corrected chi connectivity index (χ3v) is 5.81. The summed E-state index contributed by atoms with van der Waals surface area (Å²) in [5, 5.41) is 30.6. The average molecular weight is 458 g/mol. The molecule has 1 atom stereocenters. The molecule has 9 heteroatoms. The van der Waals surface area contributed by atoms with E-state index in [9.17, 15) is 14.7 Å². The maximum atomic E-state index is 14.2. The molecule has 3 N–H and O–H groups in total. The summed E-state index contributed by atoms with van der Waals surface area (Å²) >= 11 is 6.40. The molecule has 1 unspecified atom stereocenters. The summed E-state index contributed by atoms with van der Waals surface area (Å²) in [6.45, 7) is 5.64. The highest BCUT2D eigenvalue weighted by molar-refractivity contribution is 6.33. The summed E-state index contributed by atoms with van der Waals surface area (Å²) in [6, 6.07) is 11.3. The molecule has 1 aliphatic heterocycles. The predicted octanol–water partition coefficient (Wildman–Crippen LogP) is 4.62. The molecule has 1 aromatic heterocycles. The first-order valence-electron chi connectivity index (χ1n) is 10.3. The smallest absolute Gasteiger partial charge is 0.243 e. The number of hydrogen-bond acceptors (Lipinski definition) is 6. The van der Waals surface area contributed by atoms with E-state index in [-0.39, 0.29) is 30.9 Å². The Bertz CT molecular complexity index is 1170. The summed E-state index contributed by atoms with van der Waals surface area (Å²) in [4.78, 5) is 9.29. The number of para-hydroxylation sites is 1. The van der Waals surface area contributed by atoms with Crippen molar-refractivity contribution in [1.82, 2.24) is 19.9 Å². The molecule has 0 aliphatic carbocycles. The second-order valence-electron chi connectivity index (χ2n) is 8.60. The number of aliphatic hydroxyl groups is 1. The molecular weight excluding hydrogens is 433 g/mol. The lowest BCUT2D eigenvalue weighted by Crippen LogP contribution is -2.50. The molecule has 0 bridgehead atoms. The van der Waals surface area contributed by atoms with Gasteiger partial charge < -0.3 is 15.6 Å². The Morgan fingerprint density at radius 3 is 2.69 bits per heavy atom. The van der Waals surface area contributed by atoms with Gasteiger partial charge in [0.2, 0.25) is 11.8 Å². The average Bonchev–Trinajstić information content (AvgIpc) is 2.74. The molecule has 32 heavy (non-hydrogen) atoms. The Balaban J connectivity index is 1.99. The van der Waals surface area contributed by atoms with Gasteiger partial charge >= 0.3 is 0 Å². The number of aryl methyl sites for hydroxylation is 1. The number of rotatable bonds is 5. The van der Waals surface area contributed by atoms with Crippen LogP contribution in [-0.4, -0.2) is 33.9 Å². The first-order valence-corrected chi connectivity index (χ1v) is 10.6. The SMILES string of the molecule is Cc1cc(F)ccc1-c1nc(NC(C)(C)CO)nc2c1CNC[N+]2([O-])c1ccccc1Cl. The van der Waals surface area contributed by atoms with E-state index in [0.717, 1.165) is 0 Å². The lowest BCUT2D eigenvalue weighted by atomic mass is 9.99. The first-order chi connectivity index (χ1) is 15.1. The van der Waals surface area contributed by atoms with Crippen molar-refractivity contribution in [2.24, 2.45) is 0 Å². The van der Waals surface area contributed by atoms with E-state index in [1.165, 1.54) is 12.1 Å². The Morgan fingerprint density at radius 2 is 2.00 bits per heavy atom. The van der Waals surface area contributed by atoms with Crippen LogP contribution >= 0.6 is 11.6 Å². The molecule has 3 aromatic rings. The van der Waals surface area contributed by atoms with Crippen LogP contribution in [0.4, 0.5) is 21.8 Å². The standard InChI is InChI=1S/C23H25ClFN5O2/c1-14-10-15(25)8-9-16(14)20-17-11-26-13-30(32,19-7-5-4-6-18(19)24)21(17)28-22(27-20)29-23(2,3)12-31/h4-10,26,31H,11-13H2,1-3H3,(H,27,28,29). The van der Waals surface area contributed by atoms with Crippen LogP contribution in [-0.2, 0) is 6.54 Å². The van der Waals surface area contributed by atoms with Crippen molar-refractivity contribution >= 4 is 29.1 Å². The minimum atomic E-state index is -0.918. The van der Waals surface area contributed by atoms with Crippen LogP contribution in [0.25, 0.3) is 11.3 Å². The number of halogens is 2. The zero-order chi connectivity index (χ0) is 23.1. The maximum absolute atomic E-state index is 14.2. The van der Waals surface area contributed by atoms with Crippen molar-refractivity contribution in [2.45, 2.75) is 32.9 Å². The topological polar surface area (TPSA) is 93.1 Å². The maximum Gasteiger partial charge on any atom is 0.243 e. The van der Waals surface area contributed by atoms with Crippen LogP contribution in [0.3, 0.4) is 0 Å². The van der Waals surface area contributed by atoms with Gasteiger partial charge in [-0.15, -0.1) is 0 Å². The molecule has 4 rings (SSSR count). The highest BCUT2D eigenvalue weighted by Crippen LogP contribution is 2.43. The number of anilines is 1. The van der Waals surface area contributed by atoms with Gasteiger partial charge in [0.1, 0.15) is 17.5 Å². The van der Waals surface area contributed by atoms with Crippen molar-refractivity contribution in [3.63, 3.8) is 0 Å². The fraction of sp³-hybridized carbons (Fsp3) is 0.304. The van der Waals surface area contributed by atoms with Crippen LogP contribution in [0.15, 0.2) is 42.5 Å². The van der Waals surface area contributed by atoms with E-state index < -0.39 is 10.2 Å². The number of hydroxylamine groups is 1. The fourth-order valence-electron chi connectivity index (χ4n) is 3.80. The van der Waals surface area contributed by atoms with Crippen molar-refractivity contribution in [2.75, 3.05) is 18.6 Å². The van der Waals surface area contributed by atoms with Crippen LogP contribution in [0.2, 0.25) is 5.02 Å². The van der Waals surface area contributed by atoms with Gasteiger partial charge in [-0.3, -0.25) is 9.96 Å². The molecule has 0 saturated heterocycles. The molecule has 2 aromatic carbocycles. The van der Waals surface area contributed by atoms with E-state index in [0.29, 0.717) is 39.6 Å². The molecule has 0 saturated carbocycles. The van der Waals surface area contributed by atoms with Crippen molar-refractivity contribution in [1.29, 1.82) is 0 Å². The molecule has 0 fully saturated rings. The molecular formula is C23H25ClFN5O2. The summed E-state index contributed by atoms with van der Waals surface area (Å²) in [6.07, 6.45) is 0. The summed E-state index contributed by atoms with van der Waals surface area (Å²) in [7, 11) is 0. The second-order valence-corrected chi connectivity index (χ2v) is 9.01. The molecule has 7 nitrogen and oxygen atoms in total. The molecule has 0 radical (unpaired) electrons. The van der Waals surface area contributed by atoms with Crippen molar-refractivity contribution < 1.29 is 9.50 Å².